The maximum atomic E-state index is 13.6. The van der Waals surface area contributed by atoms with Gasteiger partial charge in [0.2, 0.25) is 0 Å². The molecule has 4 N–H and O–H groups in total. The van der Waals surface area contributed by atoms with E-state index in [-0.39, 0.29) is 24.8 Å². The zero-order chi connectivity index (χ0) is 24.2. The zero-order valence-corrected chi connectivity index (χ0v) is 19.3. The topological polar surface area (TPSA) is 164 Å². The molecule has 1 aliphatic rings. The predicted octanol–water partition coefficient (Wildman–Crippen LogP) is 1.99. The van der Waals surface area contributed by atoms with Crippen molar-refractivity contribution in [3.63, 3.8) is 0 Å². The molecule has 0 saturated carbocycles. The van der Waals surface area contributed by atoms with Gasteiger partial charge in [-0.3, -0.25) is 13.9 Å². The van der Waals surface area contributed by atoms with Gasteiger partial charge >= 0.3 is 19.4 Å². The van der Waals surface area contributed by atoms with Crippen LogP contribution in [0.15, 0.2) is 47.4 Å². The molecule has 0 radical (unpaired) electrons. The normalized spacial score (nSPS) is 21.9. The van der Waals surface area contributed by atoms with Gasteiger partial charge in [-0.25, -0.2) is 9.36 Å². The van der Waals surface area contributed by atoms with Crippen LogP contribution in [0.25, 0.3) is 0 Å². The Balaban J connectivity index is 1.74. The number of aromatic nitrogens is 2. The van der Waals surface area contributed by atoms with Crippen molar-refractivity contribution in [2.75, 3.05) is 18.9 Å². The maximum Gasteiger partial charge on any atom is 0.459 e. The van der Waals surface area contributed by atoms with Crippen molar-refractivity contribution < 1.29 is 33.0 Å². The molecule has 180 valence electrons. The quantitative estimate of drug-likeness (QED) is 0.424. The molecule has 0 aliphatic carbocycles. The summed E-state index contributed by atoms with van der Waals surface area (Å²) in [6, 6.07) is 9.65. The van der Waals surface area contributed by atoms with Crippen LogP contribution in [0.3, 0.4) is 0 Å². The van der Waals surface area contributed by atoms with E-state index in [2.05, 4.69) is 10.1 Å². The number of carbonyl (C=O) groups is 1. The average molecular weight is 482 g/mol. The van der Waals surface area contributed by atoms with E-state index in [9.17, 15) is 19.3 Å². The van der Waals surface area contributed by atoms with Crippen LogP contribution in [0.4, 0.5) is 5.82 Å². The van der Waals surface area contributed by atoms with Crippen LogP contribution in [0, 0.1) is 5.92 Å². The highest BCUT2D eigenvalue weighted by Gasteiger charge is 2.45. The molecular weight excluding hydrogens is 455 g/mol. The smallest absolute Gasteiger partial charge is 0.459 e. The van der Waals surface area contributed by atoms with E-state index in [1.807, 2.05) is 0 Å². The number of hydrogen-bond donors (Lipinski definition) is 3. The van der Waals surface area contributed by atoms with Crippen molar-refractivity contribution in [3.8, 4) is 5.75 Å². The fourth-order valence-corrected chi connectivity index (χ4v) is 4.69. The average Bonchev–Trinajstić information content (AvgIpc) is 3.21. The highest BCUT2D eigenvalue weighted by atomic mass is 31.2. The van der Waals surface area contributed by atoms with E-state index >= 15 is 0 Å². The highest BCUT2D eigenvalue weighted by molar-refractivity contribution is 7.52. The minimum Gasteiger partial charge on any atom is -0.480 e. The Labute approximate surface area is 190 Å². The van der Waals surface area contributed by atoms with Gasteiger partial charge in [0, 0.05) is 6.20 Å². The molecule has 13 heteroatoms. The number of rotatable bonds is 10. The minimum atomic E-state index is -4.22. The second kappa shape index (κ2) is 10.0. The Kier molecular flexibility index (Phi) is 7.55. The summed E-state index contributed by atoms with van der Waals surface area (Å²) in [6.07, 6.45) is -0.362. The summed E-state index contributed by atoms with van der Waals surface area (Å²) in [5.74, 6) is -1.39. The number of nitrogens with two attached hydrogens (primary N) is 1. The lowest BCUT2D eigenvalue weighted by Crippen LogP contribution is -2.52. The molecule has 1 fully saturated rings. The van der Waals surface area contributed by atoms with Crippen LogP contribution < -0.4 is 21.0 Å². The van der Waals surface area contributed by atoms with Gasteiger partial charge in [0.05, 0.1) is 6.61 Å². The zero-order valence-electron chi connectivity index (χ0n) is 18.4. The molecular formula is C20H27N4O8P. The van der Waals surface area contributed by atoms with E-state index in [0.29, 0.717) is 0 Å². The lowest BCUT2D eigenvalue weighted by molar-refractivity contribution is -0.145. The molecule has 0 bridgehead atoms. The maximum absolute atomic E-state index is 13.6. The number of nitrogen functional groups attached to an aromatic ring is 1. The first kappa shape index (κ1) is 24.9. The third-order valence-corrected chi connectivity index (χ3v) is 6.89. The van der Waals surface area contributed by atoms with Crippen molar-refractivity contribution in [1.29, 1.82) is 0 Å². The van der Waals surface area contributed by atoms with Crippen LogP contribution in [0.2, 0.25) is 0 Å². The van der Waals surface area contributed by atoms with Gasteiger partial charge in [0.15, 0.2) is 12.5 Å². The molecule has 0 spiro atoms. The van der Waals surface area contributed by atoms with Crippen LogP contribution in [0.5, 0.6) is 5.75 Å². The number of para-hydroxylation sites is 1. The molecule has 0 amide bonds. The second-order valence-corrected chi connectivity index (χ2v) is 9.53. The standard InChI is InChI=1S/C20H27N4O8P/c1-13(2)20(3,18(25)26)23-33(28,32-14-7-5-4-6-8-14)30-12-17-29-11-16(31-17)24-10-9-15(21)22-19(24)27/h4-10,13,16-17H,11-12H2,1-3H3,(H,23,28)(H,25,26)(H2,21,22,27)/t16-,17-,20-,33?/m0/s1. The van der Waals surface area contributed by atoms with Crippen molar-refractivity contribution >= 4 is 19.5 Å². The third-order valence-electron chi connectivity index (χ3n) is 5.21. The number of anilines is 1. The van der Waals surface area contributed by atoms with Gasteiger partial charge in [0.1, 0.15) is 23.7 Å². The molecule has 2 aromatic rings. The van der Waals surface area contributed by atoms with Gasteiger partial charge in [-0.2, -0.15) is 10.1 Å². The molecule has 1 saturated heterocycles. The molecule has 1 aromatic heterocycles. The van der Waals surface area contributed by atoms with Gasteiger partial charge in [-0.1, -0.05) is 32.0 Å². The molecule has 4 atom stereocenters. The van der Waals surface area contributed by atoms with Gasteiger partial charge in [-0.05, 0) is 31.0 Å². The van der Waals surface area contributed by atoms with E-state index in [1.165, 1.54) is 23.8 Å². The van der Waals surface area contributed by atoms with Crippen LogP contribution in [-0.4, -0.2) is 45.7 Å². The van der Waals surface area contributed by atoms with Gasteiger partial charge < -0.3 is 24.8 Å². The lowest BCUT2D eigenvalue weighted by Gasteiger charge is -2.33. The van der Waals surface area contributed by atoms with Crippen molar-refractivity contribution in [3.05, 3.63) is 53.1 Å². The number of ether oxygens (including phenoxy) is 2. The second-order valence-electron chi connectivity index (χ2n) is 7.87. The Morgan fingerprint density at radius 1 is 1.39 bits per heavy atom. The predicted molar refractivity (Wildman–Crippen MR) is 117 cm³/mol. The van der Waals surface area contributed by atoms with E-state index in [1.54, 1.807) is 44.2 Å². The summed E-state index contributed by atoms with van der Waals surface area (Å²) in [6.45, 7) is 4.37. The highest BCUT2D eigenvalue weighted by Crippen LogP contribution is 2.47. The fraction of sp³-hybridized carbons (Fsp3) is 0.450. The summed E-state index contributed by atoms with van der Waals surface area (Å²) in [4.78, 5) is 27.6. The van der Waals surface area contributed by atoms with Crippen LogP contribution >= 0.6 is 7.75 Å². The number of nitrogens with one attached hydrogen (secondary N) is 1. The first-order chi connectivity index (χ1) is 15.5. The lowest BCUT2D eigenvalue weighted by atomic mass is 9.90. The fourth-order valence-electron chi connectivity index (χ4n) is 2.89. The monoisotopic (exact) mass is 482 g/mol. The van der Waals surface area contributed by atoms with Crippen LogP contribution in [-0.2, 0) is 23.4 Å². The first-order valence-corrected chi connectivity index (χ1v) is 11.7. The molecule has 1 aliphatic heterocycles. The van der Waals surface area contributed by atoms with E-state index in [4.69, 9.17) is 24.3 Å². The Morgan fingerprint density at radius 2 is 2.09 bits per heavy atom. The van der Waals surface area contributed by atoms with Gasteiger partial charge in [0.25, 0.3) is 0 Å². The van der Waals surface area contributed by atoms with Crippen molar-refractivity contribution in [2.24, 2.45) is 5.92 Å². The molecule has 1 aromatic carbocycles. The number of aliphatic carboxylic acids is 1. The summed E-state index contributed by atoms with van der Waals surface area (Å²) >= 11 is 0. The Hall–Kier alpha value is -2.76. The molecule has 2 heterocycles. The SMILES string of the molecule is CC(C)[C@](C)(NP(=O)(OC[C@H]1OC[C@@H](n2ccc(N)nc2=O)O1)Oc1ccccc1)C(=O)O. The summed E-state index contributed by atoms with van der Waals surface area (Å²) in [5, 5.41) is 12.3. The number of benzene rings is 1. The third kappa shape index (κ3) is 5.98. The van der Waals surface area contributed by atoms with Crippen molar-refractivity contribution in [2.45, 2.75) is 38.8 Å². The number of carboxylic acids is 1. The Bertz CT molecular complexity index is 1080. The number of hydrogen-bond acceptors (Lipinski definition) is 9. The largest absolute Gasteiger partial charge is 0.480 e. The number of nitrogens with zero attached hydrogens (tertiary/aromatic N) is 2. The van der Waals surface area contributed by atoms with E-state index < -0.39 is 43.4 Å². The summed E-state index contributed by atoms with van der Waals surface area (Å²) < 4.78 is 37.0. The van der Waals surface area contributed by atoms with Crippen molar-refractivity contribution in [1.82, 2.24) is 14.6 Å². The molecule has 12 nitrogen and oxygen atoms in total. The van der Waals surface area contributed by atoms with E-state index in [0.717, 1.165) is 0 Å². The molecule has 3 rings (SSSR count). The minimum absolute atomic E-state index is 0.00956. The molecule has 33 heavy (non-hydrogen) atoms. The summed E-state index contributed by atoms with van der Waals surface area (Å²) in [7, 11) is -4.22. The summed E-state index contributed by atoms with van der Waals surface area (Å²) in [5.41, 5.74) is 3.27. The van der Waals surface area contributed by atoms with Crippen LogP contribution in [0.1, 0.15) is 27.0 Å². The first-order valence-electron chi connectivity index (χ1n) is 10.2. The molecule has 1 unspecified atom stereocenters. The Morgan fingerprint density at radius 3 is 2.70 bits per heavy atom. The van der Waals surface area contributed by atoms with Gasteiger partial charge in [-0.15, -0.1) is 0 Å². The number of carboxylic acid groups (broad SMARTS) is 1.